The number of primary amides is 1. The molecular weight excluding hydrogens is 312 g/mol. The average molecular weight is 329 g/mol. The standard InChI is InChI=1S/C12H17BrN4O2/c1-4-15-9-8(5-7(13)6-16-9)10(18)17-12(2,3)11(14)19/h5-6H,4H2,1-3H3,(H2,14,19)(H,15,16)(H,17,18). The molecule has 104 valence electrons. The number of nitrogens with one attached hydrogen (secondary N) is 2. The highest BCUT2D eigenvalue weighted by Crippen LogP contribution is 2.18. The molecule has 0 atom stereocenters. The monoisotopic (exact) mass is 328 g/mol. The number of anilines is 1. The average Bonchev–Trinajstić information content (AvgIpc) is 2.30. The number of nitrogens with two attached hydrogens (primary N) is 1. The van der Waals surface area contributed by atoms with Crippen molar-refractivity contribution < 1.29 is 9.59 Å². The molecule has 0 bridgehead atoms. The molecule has 19 heavy (non-hydrogen) atoms. The van der Waals surface area contributed by atoms with E-state index in [2.05, 4.69) is 31.5 Å². The Bertz CT molecular complexity index is 503. The second-order valence-electron chi connectivity index (χ2n) is 4.52. The van der Waals surface area contributed by atoms with Gasteiger partial charge in [0, 0.05) is 17.2 Å². The van der Waals surface area contributed by atoms with Crippen molar-refractivity contribution in [1.82, 2.24) is 10.3 Å². The van der Waals surface area contributed by atoms with Crippen molar-refractivity contribution in [2.75, 3.05) is 11.9 Å². The molecule has 0 fully saturated rings. The third-order valence-corrected chi connectivity index (χ3v) is 2.92. The first-order chi connectivity index (χ1) is 8.77. The van der Waals surface area contributed by atoms with Crippen molar-refractivity contribution in [2.45, 2.75) is 26.3 Å². The molecule has 1 heterocycles. The molecule has 0 saturated carbocycles. The van der Waals surface area contributed by atoms with Crippen LogP contribution in [0.15, 0.2) is 16.7 Å². The van der Waals surface area contributed by atoms with E-state index in [0.717, 1.165) is 0 Å². The van der Waals surface area contributed by atoms with E-state index in [9.17, 15) is 9.59 Å². The molecule has 1 aromatic rings. The molecule has 0 aliphatic rings. The summed E-state index contributed by atoms with van der Waals surface area (Å²) >= 11 is 3.26. The van der Waals surface area contributed by atoms with Crippen molar-refractivity contribution in [1.29, 1.82) is 0 Å². The van der Waals surface area contributed by atoms with Crippen molar-refractivity contribution in [3.8, 4) is 0 Å². The van der Waals surface area contributed by atoms with Crippen LogP contribution in [-0.2, 0) is 4.79 Å². The topological polar surface area (TPSA) is 97.1 Å². The summed E-state index contributed by atoms with van der Waals surface area (Å²) in [5, 5.41) is 5.57. The third kappa shape index (κ3) is 3.92. The zero-order valence-electron chi connectivity index (χ0n) is 11.1. The summed E-state index contributed by atoms with van der Waals surface area (Å²) in [6.45, 7) is 5.63. The maximum atomic E-state index is 12.2. The van der Waals surface area contributed by atoms with Gasteiger partial charge in [0.25, 0.3) is 5.91 Å². The van der Waals surface area contributed by atoms with Crippen molar-refractivity contribution in [2.24, 2.45) is 5.73 Å². The Morgan fingerprint density at radius 3 is 2.63 bits per heavy atom. The quantitative estimate of drug-likeness (QED) is 0.758. The van der Waals surface area contributed by atoms with Crippen LogP contribution >= 0.6 is 15.9 Å². The molecule has 1 aromatic heterocycles. The molecule has 1 rings (SSSR count). The predicted molar refractivity (Wildman–Crippen MR) is 76.8 cm³/mol. The maximum absolute atomic E-state index is 12.2. The van der Waals surface area contributed by atoms with E-state index in [1.807, 2.05) is 6.92 Å². The fourth-order valence-electron chi connectivity index (χ4n) is 1.33. The second kappa shape index (κ2) is 6.01. The van der Waals surface area contributed by atoms with Gasteiger partial charge in [0.05, 0.1) is 5.56 Å². The number of hydrogen-bond acceptors (Lipinski definition) is 4. The molecule has 2 amide bonds. The Morgan fingerprint density at radius 2 is 2.11 bits per heavy atom. The smallest absolute Gasteiger partial charge is 0.255 e. The summed E-state index contributed by atoms with van der Waals surface area (Å²) in [6.07, 6.45) is 1.59. The number of hydrogen-bond donors (Lipinski definition) is 3. The van der Waals surface area contributed by atoms with Gasteiger partial charge in [-0.25, -0.2) is 4.98 Å². The number of pyridine rings is 1. The molecule has 4 N–H and O–H groups in total. The highest BCUT2D eigenvalue weighted by molar-refractivity contribution is 9.10. The van der Waals surface area contributed by atoms with E-state index in [1.54, 1.807) is 26.1 Å². The highest BCUT2D eigenvalue weighted by atomic mass is 79.9. The van der Waals surface area contributed by atoms with E-state index in [1.165, 1.54) is 0 Å². The minimum Gasteiger partial charge on any atom is -0.370 e. The Balaban J connectivity index is 3.05. The van der Waals surface area contributed by atoms with Crippen molar-refractivity contribution >= 4 is 33.6 Å². The molecule has 0 aromatic carbocycles. The number of amides is 2. The van der Waals surface area contributed by atoms with Crippen LogP contribution in [0.2, 0.25) is 0 Å². The molecule has 0 aliphatic carbocycles. The Morgan fingerprint density at radius 1 is 1.47 bits per heavy atom. The van der Waals surface area contributed by atoms with Crippen LogP contribution in [-0.4, -0.2) is 28.9 Å². The molecule has 0 radical (unpaired) electrons. The molecule has 0 spiro atoms. The van der Waals surface area contributed by atoms with Gasteiger partial charge in [-0.15, -0.1) is 0 Å². The predicted octanol–water partition coefficient (Wildman–Crippen LogP) is 1.27. The number of carbonyl (C=O) groups excluding carboxylic acids is 2. The number of carbonyl (C=O) groups is 2. The Hall–Kier alpha value is -1.63. The molecule has 0 aliphatic heterocycles. The van der Waals surface area contributed by atoms with Gasteiger partial charge >= 0.3 is 0 Å². The minimum atomic E-state index is -1.12. The zero-order valence-corrected chi connectivity index (χ0v) is 12.7. The van der Waals surface area contributed by atoms with Crippen LogP contribution in [0.3, 0.4) is 0 Å². The van der Waals surface area contributed by atoms with Gasteiger partial charge < -0.3 is 16.4 Å². The van der Waals surface area contributed by atoms with Crippen LogP contribution in [0.4, 0.5) is 5.82 Å². The molecule has 7 heteroatoms. The van der Waals surface area contributed by atoms with E-state index in [-0.39, 0.29) is 0 Å². The number of rotatable bonds is 5. The van der Waals surface area contributed by atoms with Crippen LogP contribution in [0.5, 0.6) is 0 Å². The van der Waals surface area contributed by atoms with Crippen LogP contribution in [0.25, 0.3) is 0 Å². The summed E-state index contributed by atoms with van der Waals surface area (Å²) in [6, 6.07) is 1.64. The first kappa shape index (κ1) is 15.4. The summed E-state index contributed by atoms with van der Waals surface area (Å²) in [5.74, 6) is -0.550. The molecular formula is C12H17BrN4O2. The lowest BCUT2D eigenvalue weighted by atomic mass is 10.0. The fraction of sp³-hybridized carbons (Fsp3) is 0.417. The minimum absolute atomic E-state index is 0.352. The van der Waals surface area contributed by atoms with Gasteiger partial charge in [-0.1, -0.05) is 0 Å². The molecule has 6 nitrogen and oxygen atoms in total. The van der Waals surface area contributed by atoms with Crippen LogP contribution in [0, 0.1) is 0 Å². The lowest BCUT2D eigenvalue weighted by molar-refractivity contribution is -0.122. The van der Waals surface area contributed by atoms with E-state index in [0.29, 0.717) is 22.4 Å². The normalized spacial score (nSPS) is 10.9. The summed E-state index contributed by atoms with van der Waals surface area (Å²) < 4.78 is 0.677. The van der Waals surface area contributed by atoms with E-state index >= 15 is 0 Å². The first-order valence-corrected chi connectivity index (χ1v) is 6.59. The van der Waals surface area contributed by atoms with Crippen molar-refractivity contribution in [3.05, 3.63) is 22.3 Å². The molecule has 0 saturated heterocycles. The van der Waals surface area contributed by atoms with E-state index < -0.39 is 17.4 Å². The fourth-order valence-corrected chi connectivity index (χ4v) is 1.66. The largest absolute Gasteiger partial charge is 0.370 e. The van der Waals surface area contributed by atoms with Gasteiger partial charge in [-0.05, 0) is 42.8 Å². The third-order valence-electron chi connectivity index (χ3n) is 2.49. The summed E-state index contributed by atoms with van der Waals surface area (Å²) in [7, 11) is 0. The highest BCUT2D eigenvalue weighted by Gasteiger charge is 2.28. The van der Waals surface area contributed by atoms with Crippen LogP contribution < -0.4 is 16.4 Å². The van der Waals surface area contributed by atoms with E-state index in [4.69, 9.17) is 5.73 Å². The van der Waals surface area contributed by atoms with Gasteiger partial charge in [-0.2, -0.15) is 0 Å². The maximum Gasteiger partial charge on any atom is 0.255 e. The molecule has 0 unspecified atom stereocenters. The van der Waals surface area contributed by atoms with Gasteiger partial charge in [0.1, 0.15) is 11.4 Å². The zero-order chi connectivity index (χ0) is 14.6. The lowest BCUT2D eigenvalue weighted by Crippen LogP contribution is -2.53. The van der Waals surface area contributed by atoms with Gasteiger partial charge in [0.2, 0.25) is 5.91 Å². The lowest BCUT2D eigenvalue weighted by Gasteiger charge is -2.22. The van der Waals surface area contributed by atoms with Crippen LogP contribution in [0.1, 0.15) is 31.1 Å². The first-order valence-electron chi connectivity index (χ1n) is 5.79. The summed E-state index contributed by atoms with van der Waals surface area (Å²) in [4.78, 5) is 27.6. The van der Waals surface area contributed by atoms with Gasteiger partial charge in [0.15, 0.2) is 0 Å². The Labute approximate surface area is 120 Å². The second-order valence-corrected chi connectivity index (χ2v) is 5.44. The van der Waals surface area contributed by atoms with Crippen molar-refractivity contribution in [3.63, 3.8) is 0 Å². The number of nitrogens with zero attached hydrogens (tertiary/aromatic N) is 1. The Kier molecular flexibility index (Phi) is 4.88. The number of halogens is 1. The van der Waals surface area contributed by atoms with Gasteiger partial charge in [-0.3, -0.25) is 9.59 Å². The SMILES string of the molecule is CCNc1ncc(Br)cc1C(=O)NC(C)(C)C(N)=O. The summed E-state index contributed by atoms with van der Waals surface area (Å²) in [5.41, 5.74) is 4.46. The number of aromatic nitrogens is 1.